The van der Waals surface area contributed by atoms with Crippen LogP contribution in [0.3, 0.4) is 0 Å². The molecule has 162 valence electrons. The van der Waals surface area contributed by atoms with E-state index in [1.165, 1.54) is 0 Å². The van der Waals surface area contributed by atoms with E-state index in [4.69, 9.17) is 4.74 Å². The molecule has 0 atom stereocenters. The summed E-state index contributed by atoms with van der Waals surface area (Å²) in [6.45, 7) is 2.66. The largest absolute Gasteiger partial charge is 0.496 e. The van der Waals surface area contributed by atoms with Gasteiger partial charge in [0.2, 0.25) is 0 Å². The molecule has 2 aromatic carbocycles. The van der Waals surface area contributed by atoms with Crippen molar-refractivity contribution in [2.24, 2.45) is 4.99 Å². The quantitative estimate of drug-likeness (QED) is 0.489. The first-order chi connectivity index (χ1) is 14.4. The summed E-state index contributed by atoms with van der Waals surface area (Å²) in [7, 11) is 9.38. The number of nitrogens with one attached hydrogen (secondary N) is 2. The number of guanidine groups is 1. The van der Waals surface area contributed by atoms with Gasteiger partial charge >= 0.3 is 0 Å². The summed E-state index contributed by atoms with van der Waals surface area (Å²) in [6, 6.07) is 15.6. The Bertz CT molecular complexity index is 851. The third-order valence-corrected chi connectivity index (χ3v) is 4.66. The van der Waals surface area contributed by atoms with E-state index >= 15 is 0 Å². The summed E-state index contributed by atoms with van der Waals surface area (Å²) < 4.78 is 5.44. The lowest BCUT2D eigenvalue weighted by molar-refractivity contribution is 0.0951. The minimum Gasteiger partial charge on any atom is -0.496 e. The molecule has 0 aromatic heterocycles. The van der Waals surface area contributed by atoms with Crippen LogP contribution in [0.4, 0.5) is 0 Å². The van der Waals surface area contributed by atoms with Crippen molar-refractivity contribution >= 4 is 11.9 Å². The summed E-state index contributed by atoms with van der Waals surface area (Å²) in [6.07, 6.45) is 0. The van der Waals surface area contributed by atoms with E-state index in [9.17, 15) is 4.79 Å². The minimum absolute atomic E-state index is 0.0589. The average molecular weight is 412 g/mol. The molecule has 0 aliphatic carbocycles. The number of carbonyl (C=O) groups is 1. The van der Waals surface area contributed by atoms with Crippen LogP contribution in [0.5, 0.6) is 5.75 Å². The molecular formula is C23H33N5O2. The first-order valence-corrected chi connectivity index (χ1v) is 10.00. The number of amides is 1. The zero-order valence-electron chi connectivity index (χ0n) is 18.6. The fourth-order valence-electron chi connectivity index (χ4n) is 3.05. The van der Waals surface area contributed by atoms with Gasteiger partial charge in [0.1, 0.15) is 5.75 Å². The van der Waals surface area contributed by atoms with Crippen molar-refractivity contribution in [3.63, 3.8) is 0 Å². The lowest BCUT2D eigenvalue weighted by Gasteiger charge is -2.23. The standard InChI is InChI=1S/C23H33N5O2/c1-24-23(28(4)17-20-10-6-7-12-21(20)30-5)26-16-18-9-8-11-19(15-18)22(29)25-13-14-27(2)3/h6-12,15H,13-14,16-17H2,1-5H3,(H,24,26)(H,25,29). The van der Waals surface area contributed by atoms with E-state index in [1.54, 1.807) is 14.2 Å². The normalized spacial score (nSPS) is 11.3. The van der Waals surface area contributed by atoms with Crippen LogP contribution in [0.25, 0.3) is 0 Å². The predicted octanol–water partition coefficient (Wildman–Crippen LogP) is 2.19. The van der Waals surface area contributed by atoms with Crippen molar-refractivity contribution < 1.29 is 9.53 Å². The Labute approximate surface area is 179 Å². The second kappa shape index (κ2) is 11.8. The number of methoxy groups -OCH3 is 1. The molecule has 0 spiro atoms. The Balaban J connectivity index is 1.95. The summed E-state index contributed by atoms with van der Waals surface area (Å²) in [5, 5.41) is 6.31. The third kappa shape index (κ3) is 7.08. The highest BCUT2D eigenvalue weighted by Gasteiger charge is 2.11. The van der Waals surface area contributed by atoms with Crippen molar-refractivity contribution in [3.8, 4) is 5.75 Å². The molecule has 0 aliphatic rings. The molecule has 2 N–H and O–H groups in total. The molecule has 7 heteroatoms. The van der Waals surface area contributed by atoms with Gasteiger partial charge in [0.25, 0.3) is 5.91 Å². The average Bonchev–Trinajstić information content (AvgIpc) is 2.74. The molecule has 0 fully saturated rings. The fraction of sp³-hybridized carbons (Fsp3) is 0.391. The monoisotopic (exact) mass is 411 g/mol. The number of carbonyl (C=O) groups excluding carboxylic acids is 1. The predicted molar refractivity (Wildman–Crippen MR) is 122 cm³/mol. The molecule has 0 radical (unpaired) electrons. The van der Waals surface area contributed by atoms with E-state index in [1.807, 2.05) is 79.5 Å². The highest BCUT2D eigenvalue weighted by molar-refractivity contribution is 5.94. The highest BCUT2D eigenvalue weighted by atomic mass is 16.5. The number of rotatable bonds is 9. The smallest absolute Gasteiger partial charge is 0.251 e. The zero-order chi connectivity index (χ0) is 21.9. The number of benzene rings is 2. The third-order valence-electron chi connectivity index (χ3n) is 4.66. The van der Waals surface area contributed by atoms with Gasteiger partial charge in [-0.15, -0.1) is 0 Å². The Morgan fingerprint density at radius 2 is 1.83 bits per heavy atom. The number of ether oxygens (including phenoxy) is 1. The second-order valence-electron chi connectivity index (χ2n) is 7.33. The van der Waals surface area contributed by atoms with Crippen LogP contribution in [0.2, 0.25) is 0 Å². The van der Waals surface area contributed by atoms with Gasteiger partial charge in [-0.3, -0.25) is 9.79 Å². The second-order valence-corrected chi connectivity index (χ2v) is 7.33. The molecule has 2 rings (SSSR count). The number of nitrogens with zero attached hydrogens (tertiary/aromatic N) is 3. The van der Waals surface area contributed by atoms with Crippen molar-refractivity contribution in [3.05, 3.63) is 65.2 Å². The van der Waals surface area contributed by atoms with Crippen LogP contribution < -0.4 is 15.4 Å². The fourth-order valence-corrected chi connectivity index (χ4v) is 3.05. The molecule has 0 unspecified atom stereocenters. The van der Waals surface area contributed by atoms with Crippen molar-refractivity contribution in [2.75, 3.05) is 48.4 Å². The molecule has 0 saturated carbocycles. The maximum absolute atomic E-state index is 12.4. The SMILES string of the molecule is CN=C(NCc1cccc(C(=O)NCCN(C)C)c1)N(C)Cc1ccccc1OC. The topological polar surface area (TPSA) is 69.2 Å². The van der Waals surface area contributed by atoms with Crippen LogP contribution in [0.15, 0.2) is 53.5 Å². The number of likely N-dealkylation sites (N-methyl/N-ethyl adjacent to an activating group) is 1. The molecule has 30 heavy (non-hydrogen) atoms. The maximum Gasteiger partial charge on any atom is 0.251 e. The Hall–Kier alpha value is -3.06. The van der Waals surface area contributed by atoms with E-state index in [2.05, 4.69) is 15.6 Å². The molecule has 0 saturated heterocycles. The first-order valence-electron chi connectivity index (χ1n) is 10.00. The Kier molecular flexibility index (Phi) is 9.15. The van der Waals surface area contributed by atoms with Gasteiger partial charge in [-0.1, -0.05) is 30.3 Å². The Morgan fingerprint density at radius 1 is 1.07 bits per heavy atom. The maximum atomic E-state index is 12.4. The van der Waals surface area contributed by atoms with Gasteiger partial charge in [0.05, 0.1) is 7.11 Å². The minimum atomic E-state index is -0.0589. The summed E-state index contributed by atoms with van der Waals surface area (Å²) in [4.78, 5) is 20.8. The van der Waals surface area contributed by atoms with Gasteiger partial charge in [-0.25, -0.2) is 0 Å². The summed E-state index contributed by atoms with van der Waals surface area (Å²) in [5.74, 6) is 1.56. The summed E-state index contributed by atoms with van der Waals surface area (Å²) >= 11 is 0. The molecule has 0 bridgehead atoms. The van der Waals surface area contributed by atoms with Gasteiger partial charge in [0.15, 0.2) is 5.96 Å². The summed E-state index contributed by atoms with van der Waals surface area (Å²) in [5.41, 5.74) is 2.76. The van der Waals surface area contributed by atoms with E-state index in [0.717, 1.165) is 29.4 Å². The van der Waals surface area contributed by atoms with Crippen LogP contribution in [-0.4, -0.2) is 70.1 Å². The van der Waals surface area contributed by atoms with Gasteiger partial charge in [-0.05, 0) is 37.9 Å². The van der Waals surface area contributed by atoms with E-state index in [0.29, 0.717) is 25.2 Å². The number of hydrogen-bond donors (Lipinski definition) is 2. The van der Waals surface area contributed by atoms with Crippen molar-refractivity contribution in [1.82, 2.24) is 20.4 Å². The van der Waals surface area contributed by atoms with Crippen LogP contribution in [-0.2, 0) is 13.1 Å². The number of aliphatic imine (C=N–C) groups is 1. The van der Waals surface area contributed by atoms with Gasteiger partial charge in [-0.2, -0.15) is 0 Å². The number of hydrogen-bond acceptors (Lipinski definition) is 4. The van der Waals surface area contributed by atoms with E-state index < -0.39 is 0 Å². The lowest BCUT2D eigenvalue weighted by Crippen LogP contribution is -2.38. The molecule has 2 aromatic rings. The molecule has 7 nitrogen and oxygen atoms in total. The molecule has 1 amide bonds. The van der Waals surface area contributed by atoms with Crippen molar-refractivity contribution in [2.45, 2.75) is 13.1 Å². The first kappa shape index (κ1) is 23.2. The molecule has 0 heterocycles. The Morgan fingerprint density at radius 3 is 2.53 bits per heavy atom. The zero-order valence-corrected chi connectivity index (χ0v) is 18.6. The highest BCUT2D eigenvalue weighted by Crippen LogP contribution is 2.18. The van der Waals surface area contributed by atoms with Crippen LogP contribution in [0.1, 0.15) is 21.5 Å². The number of para-hydroxylation sites is 1. The van der Waals surface area contributed by atoms with Crippen LogP contribution in [0, 0.1) is 0 Å². The van der Waals surface area contributed by atoms with Crippen LogP contribution >= 0.6 is 0 Å². The van der Waals surface area contributed by atoms with Gasteiger partial charge in [0, 0.05) is 51.4 Å². The van der Waals surface area contributed by atoms with E-state index in [-0.39, 0.29) is 5.91 Å². The van der Waals surface area contributed by atoms with Crippen molar-refractivity contribution in [1.29, 1.82) is 0 Å². The lowest BCUT2D eigenvalue weighted by atomic mass is 10.1. The molecular weight excluding hydrogens is 378 g/mol. The molecule has 0 aliphatic heterocycles. The van der Waals surface area contributed by atoms with Gasteiger partial charge < -0.3 is 25.2 Å².